The topological polar surface area (TPSA) is 76.1 Å². The molecule has 0 spiro atoms. The second kappa shape index (κ2) is 9.96. The Labute approximate surface area is 196 Å². The van der Waals surface area contributed by atoms with Gasteiger partial charge in [-0.25, -0.2) is 4.79 Å². The van der Waals surface area contributed by atoms with E-state index in [-0.39, 0.29) is 0 Å². The molecule has 0 saturated carbocycles. The van der Waals surface area contributed by atoms with Crippen molar-refractivity contribution in [3.63, 3.8) is 0 Å². The highest BCUT2D eigenvalue weighted by molar-refractivity contribution is 5.85. The first-order valence-electron chi connectivity index (χ1n) is 11.5. The van der Waals surface area contributed by atoms with Crippen LogP contribution in [0.5, 0.6) is 5.75 Å². The molecule has 0 bridgehead atoms. The molecule has 0 aliphatic carbocycles. The van der Waals surface area contributed by atoms with E-state index in [1.54, 1.807) is 0 Å². The fraction of sp³-hybridized carbons (Fsp3) is 0.481. The van der Waals surface area contributed by atoms with Gasteiger partial charge in [0, 0.05) is 31.8 Å². The Hall–Kier alpha value is -2.86. The molecular formula is C27H35NO5. The molecule has 0 aromatic heterocycles. The molecule has 0 amide bonds. The maximum Gasteiger partial charge on any atom is 0.337 e. The molecule has 6 heteroatoms. The van der Waals surface area contributed by atoms with Crippen molar-refractivity contribution in [1.29, 1.82) is 0 Å². The highest BCUT2D eigenvalue weighted by Gasteiger charge is 2.33. The Bertz CT molecular complexity index is 1040. The van der Waals surface area contributed by atoms with Crippen LogP contribution in [0.3, 0.4) is 0 Å². The minimum Gasteiger partial charge on any atom is -0.493 e. The van der Waals surface area contributed by atoms with E-state index in [1.165, 1.54) is 0 Å². The van der Waals surface area contributed by atoms with Crippen LogP contribution in [0.1, 0.15) is 62.0 Å². The van der Waals surface area contributed by atoms with Gasteiger partial charge in [0.25, 0.3) is 0 Å². The van der Waals surface area contributed by atoms with Gasteiger partial charge in [0.1, 0.15) is 12.0 Å². The van der Waals surface area contributed by atoms with Gasteiger partial charge >= 0.3 is 5.97 Å². The third-order valence-electron chi connectivity index (χ3n) is 5.80. The van der Waals surface area contributed by atoms with Crippen LogP contribution >= 0.6 is 0 Å². The summed E-state index contributed by atoms with van der Waals surface area (Å²) in [7, 11) is 3.86. The van der Waals surface area contributed by atoms with E-state index in [0.29, 0.717) is 25.0 Å². The molecule has 178 valence electrons. The zero-order chi connectivity index (χ0) is 24.3. The maximum absolute atomic E-state index is 12.6. The Morgan fingerprint density at radius 3 is 2.61 bits per heavy atom. The van der Waals surface area contributed by atoms with Gasteiger partial charge in [-0.05, 0) is 93.0 Å². The number of benzene rings is 2. The van der Waals surface area contributed by atoms with Crippen LogP contribution in [-0.4, -0.2) is 43.7 Å². The van der Waals surface area contributed by atoms with Gasteiger partial charge in [-0.3, -0.25) is 0 Å². The molecule has 3 rings (SSSR count). The molecule has 2 aromatic rings. The monoisotopic (exact) mass is 453 g/mol. The Balaban J connectivity index is 2.36. The van der Waals surface area contributed by atoms with E-state index >= 15 is 0 Å². The number of fused-ring (bicyclic) bond motifs is 1. The lowest BCUT2D eigenvalue weighted by atomic mass is 9.84. The number of carboxylic acid groups (broad SMARTS) is 1. The molecule has 0 radical (unpaired) electrons. The van der Waals surface area contributed by atoms with Gasteiger partial charge in [-0.2, -0.15) is 0 Å². The average molecular weight is 454 g/mol. The first kappa shape index (κ1) is 24.8. The predicted molar refractivity (Wildman–Crippen MR) is 130 cm³/mol. The molecule has 2 aromatic carbocycles. The fourth-order valence-electron chi connectivity index (χ4n) is 4.51. The summed E-state index contributed by atoms with van der Waals surface area (Å²) >= 11 is 0. The van der Waals surface area contributed by atoms with Crippen molar-refractivity contribution < 1.29 is 24.2 Å². The summed E-state index contributed by atoms with van der Waals surface area (Å²) in [6, 6.07) is 8.14. The van der Waals surface area contributed by atoms with E-state index in [1.807, 2.05) is 58.8 Å². The zero-order valence-electron chi connectivity index (χ0n) is 20.5. The van der Waals surface area contributed by atoms with Gasteiger partial charge in [0.2, 0.25) is 0 Å². The molecule has 1 unspecified atom stereocenters. The molecule has 1 atom stereocenters. The van der Waals surface area contributed by atoms with E-state index in [2.05, 4.69) is 12.1 Å². The summed E-state index contributed by atoms with van der Waals surface area (Å²) in [5, 5.41) is 10.3. The Kier molecular flexibility index (Phi) is 7.48. The zero-order valence-corrected chi connectivity index (χ0v) is 20.5. The minimum absolute atomic E-state index is 0.302. The van der Waals surface area contributed by atoms with Crippen molar-refractivity contribution in [3.05, 3.63) is 46.5 Å². The first-order chi connectivity index (χ1) is 15.5. The van der Waals surface area contributed by atoms with Crippen molar-refractivity contribution in [2.24, 2.45) is 0 Å². The molecule has 0 fully saturated rings. The number of anilines is 1. The van der Waals surface area contributed by atoms with Crippen LogP contribution in [0.2, 0.25) is 0 Å². The molecule has 1 heterocycles. The van der Waals surface area contributed by atoms with Crippen molar-refractivity contribution in [2.45, 2.75) is 65.1 Å². The lowest BCUT2D eigenvalue weighted by Gasteiger charge is -2.31. The highest BCUT2D eigenvalue weighted by Crippen LogP contribution is 2.43. The number of hydrogen-bond donors (Lipinski definition) is 1. The summed E-state index contributed by atoms with van der Waals surface area (Å²) in [6.45, 7) is 8.28. The number of aryl methyl sites for hydroxylation is 2. The van der Waals surface area contributed by atoms with Crippen LogP contribution < -0.4 is 9.64 Å². The Morgan fingerprint density at radius 1 is 1.27 bits per heavy atom. The summed E-state index contributed by atoms with van der Waals surface area (Å²) in [4.78, 5) is 25.9. The summed E-state index contributed by atoms with van der Waals surface area (Å²) in [5.41, 5.74) is 5.56. The first-order valence-corrected chi connectivity index (χ1v) is 11.5. The van der Waals surface area contributed by atoms with Crippen LogP contribution in [0, 0.1) is 6.92 Å². The summed E-state index contributed by atoms with van der Waals surface area (Å²) in [5.74, 6) is -0.161. The Morgan fingerprint density at radius 2 is 2.00 bits per heavy atom. The van der Waals surface area contributed by atoms with Crippen LogP contribution in [0.4, 0.5) is 5.69 Å². The minimum atomic E-state index is -1.17. The number of carbonyl (C=O) groups excluding carboxylic acids is 1. The number of carboxylic acids is 1. The maximum atomic E-state index is 12.6. The molecule has 33 heavy (non-hydrogen) atoms. The van der Waals surface area contributed by atoms with E-state index in [9.17, 15) is 14.7 Å². The lowest BCUT2D eigenvalue weighted by Crippen LogP contribution is -2.29. The largest absolute Gasteiger partial charge is 0.493 e. The SMILES string of the molecule is Cc1cc(N(C)C)c(CCC=O)c(C(OC(C)(C)C)C(=O)O)c1-c1ccc2c(c1)CCCO2. The van der Waals surface area contributed by atoms with Crippen molar-refractivity contribution in [1.82, 2.24) is 0 Å². The number of rotatable bonds is 8. The van der Waals surface area contributed by atoms with E-state index in [0.717, 1.165) is 58.4 Å². The third kappa shape index (κ3) is 5.56. The summed E-state index contributed by atoms with van der Waals surface area (Å²) < 4.78 is 11.9. The lowest BCUT2D eigenvalue weighted by molar-refractivity contribution is -0.160. The molecule has 1 N–H and O–H groups in total. The third-order valence-corrected chi connectivity index (χ3v) is 5.80. The van der Waals surface area contributed by atoms with E-state index < -0.39 is 17.7 Å². The van der Waals surface area contributed by atoms with Crippen LogP contribution in [-0.2, 0) is 27.2 Å². The van der Waals surface area contributed by atoms with Crippen molar-refractivity contribution in [2.75, 3.05) is 25.6 Å². The molecule has 6 nitrogen and oxygen atoms in total. The van der Waals surface area contributed by atoms with Gasteiger partial charge in [-0.15, -0.1) is 0 Å². The van der Waals surface area contributed by atoms with E-state index in [4.69, 9.17) is 9.47 Å². The second-order valence-corrected chi connectivity index (χ2v) is 9.80. The second-order valence-electron chi connectivity index (χ2n) is 9.80. The number of aldehydes is 1. The van der Waals surface area contributed by atoms with Crippen LogP contribution in [0.25, 0.3) is 11.1 Å². The highest BCUT2D eigenvalue weighted by atomic mass is 16.5. The molecular weight excluding hydrogens is 418 g/mol. The normalized spacial score (nSPS) is 14.2. The van der Waals surface area contributed by atoms with Gasteiger partial charge in [-0.1, -0.05) is 6.07 Å². The average Bonchev–Trinajstić information content (AvgIpc) is 2.74. The quantitative estimate of drug-likeness (QED) is 0.559. The standard InChI is InChI=1S/C27H35NO5/c1-17-15-21(28(5)6)20(10-7-13-29)24(25(26(30)31)33-27(2,3)4)23(17)19-11-12-22-18(16-19)9-8-14-32-22/h11-13,15-16,25H,7-10,14H2,1-6H3,(H,30,31). The number of aliphatic carboxylic acids is 1. The number of carbonyl (C=O) groups is 2. The summed E-state index contributed by atoms with van der Waals surface area (Å²) in [6.07, 6.45) is 2.32. The molecule has 1 aliphatic rings. The van der Waals surface area contributed by atoms with Gasteiger partial charge in [0.05, 0.1) is 12.2 Å². The molecule has 1 aliphatic heterocycles. The number of ether oxygens (including phenoxy) is 2. The molecule has 0 saturated heterocycles. The fourth-order valence-corrected chi connectivity index (χ4v) is 4.51. The smallest absolute Gasteiger partial charge is 0.337 e. The number of nitrogens with zero attached hydrogens (tertiary/aromatic N) is 1. The van der Waals surface area contributed by atoms with Gasteiger partial charge in [0.15, 0.2) is 6.10 Å². The van der Waals surface area contributed by atoms with Crippen LogP contribution in [0.15, 0.2) is 24.3 Å². The van der Waals surface area contributed by atoms with Crippen molar-refractivity contribution in [3.8, 4) is 16.9 Å². The predicted octanol–water partition coefficient (Wildman–Crippen LogP) is 5.13. The number of hydrogen-bond acceptors (Lipinski definition) is 5. The van der Waals surface area contributed by atoms with Crippen molar-refractivity contribution >= 4 is 17.9 Å². The van der Waals surface area contributed by atoms with Gasteiger partial charge < -0.3 is 24.3 Å².